The van der Waals surface area contributed by atoms with E-state index in [-0.39, 0.29) is 0 Å². The highest BCUT2D eigenvalue weighted by Crippen LogP contribution is 2.29. The summed E-state index contributed by atoms with van der Waals surface area (Å²) >= 11 is 0. The van der Waals surface area contributed by atoms with Crippen molar-refractivity contribution in [3.05, 3.63) is 83.4 Å². The molecule has 3 aromatic rings. The van der Waals surface area contributed by atoms with Crippen LogP contribution in [-0.4, -0.2) is 25.7 Å². The second-order valence-electron chi connectivity index (χ2n) is 6.94. The average molecular weight is 386 g/mol. The van der Waals surface area contributed by atoms with Crippen LogP contribution in [0.5, 0.6) is 11.5 Å². The molecule has 0 bridgehead atoms. The topological polar surface area (TPSA) is 45.5 Å². The molecule has 0 heterocycles. The molecule has 148 valence electrons. The molecular weight excluding hydrogens is 360 g/mol. The third-order valence-electron chi connectivity index (χ3n) is 4.75. The molecule has 4 nitrogen and oxygen atoms in total. The SMILES string of the molecule is CCOc1ccc(CN(C)Cc2ccc(-c3ccccc3C#N)cc2)cc1OC. The quantitative estimate of drug-likeness (QED) is 0.529. The van der Waals surface area contributed by atoms with Crippen molar-refractivity contribution in [2.75, 3.05) is 20.8 Å². The van der Waals surface area contributed by atoms with Gasteiger partial charge in [-0.05, 0) is 54.4 Å². The lowest BCUT2D eigenvalue weighted by atomic mass is 9.99. The van der Waals surface area contributed by atoms with Crippen molar-refractivity contribution < 1.29 is 9.47 Å². The minimum atomic E-state index is 0.616. The van der Waals surface area contributed by atoms with Gasteiger partial charge in [-0.2, -0.15) is 5.26 Å². The predicted octanol–water partition coefficient (Wildman–Crippen LogP) is 5.26. The van der Waals surface area contributed by atoms with Crippen molar-refractivity contribution in [3.8, 4) is 28.7 Å². The summed E-state index contributed by atoms with van der Waals surface area (Å²) < 4.78 is 11.0. The van der Waals surface area contributed by atoms with E-state index in [0.29, 0.717) is 12.2 Å². The standard InChI is InChI=1S/C25H26N2O2/c1-4-29-24-14-11-20(15-25(24)28-3)18-27(2)17-19-9-12-21(13-10-19)23-8-6-5-7-22(23)16-26/h5-15H,4,17-18H2,1-3H3. The number of benzene rings is 3. The van der Waals surface area contributed by atoms with Crippen molar-refractivity contribution in [2.24, 2.45) is 0 Å². The molecule has 0 amide bonds. The lowest BCUT2D eigenvalue weighted by Crippen LogP contribution is -2.17. The molecule has 0 saturated heterocycles. The highest BCUT2D eigenvalue weighted by atomic mass is 16.5. The van der Waals surface area contributed by atoms with Gasteiger partial charge in [0.1, 0.15) is 0 Å². The Kier molecular flexibility index (Phi) is 6.89. The molecule has 0 aromatic heterocycles. The molecule has 0 aliphatic rings. The molecule has 0 saturated carbocycles. The fraction of sp³-hybridized carbons (Fsp3) is 0.240. The number of hydrogen-bond acceptors (Lipinski definition) is 4. The molecule has 0 aliphatic heterocycles. The first kappa shape index (κ1) is 20.4. The van der Waals surface area contributed by atoms with E-state index in [4.69, 9.17) is 9.47 Å². The van der Waals surface area contributed by atoms with Crippen molar-refractivity contribution in [2.45, 2.75) is 20.0 Å². The molecule has 0 aliphatic carbocycles. The van der Waals surface area contributed by atoms with Gasteiger partial charge in [-0.3, -0.25) is 4.90 Å². The van der Waals surface area contributed by atoms with Gasteiger partial charge in [0, 0.05) is 13.1 Å². The normalized spacial score (nSPS) is 10.6. The van der Waals surface area contributed by atoms with Gasteiger partial charge in [-0.25, -0.2) is 0 Å². The van der Waals surface area contributed by atoms with Crippen LogP contribution in [0.4, 0.5) is 0 Å². The Labute approximate surface area is 172 Å². The molecule has 0 unspecified atom stereocenters. The maximum Gasteiger partial charge on any atom is 0.161 e. The molecule has 0 fully saturated rings. The summed E-state index contributed by atoms with van der Waals surface area (Å²) in [6.45, 7) is 4.22. The largest absolute Gasteiger partial charge is 0.493 e. The molecule has 3 aromatic carbocycles. The number of nitriles is 1. The van der Waals surface area contributed by atoms with E-state index in [2.05, 4.69) is 48.3 Å². The Morgan fingerprint density at radius 2 is 1.59 bits per heavy atom. The van der Waals surface area contributed by atoms with Crippen molar-refractivity contribution in [1.82, 2.24) is 4.90 Å². The minimum Gasteiger partial charge on any atom is -0.493 e. The van der Waals surface area contributed by atoms with E-state index in [1.54, 1.807) is 7.11 Å². The maximum absolute atomic E-state index is 9.30. The lowest BCUT2D eigenvalue weighted by molar-refractivity contribution is 0.305. The first-order valence-electron chi connectivity index (χ1n) is 9.71. The van der Waals surface area contributed by atoms with Crippen LogP contribution in [0.15, 0.2) is 66.7 Å². The van der Waals surface area contributed by atoms with Crippen molar-refractivity contribution >= 4 is 0 Å². The highest BCUT2D eigenvalue weighted by Gasteiger charge is 2.09. The molecule has 0 atom stereocenters. The third kappa shape index (κ3) is 5.16. The van der Waals surface area contributed by atoms with Gasteiger partial charge in [-0.15, -0.1) is 0 Å². The Balaban J connectivity index is 1.67. The molecule has 0 spiro atoms. The fourth-order valence-corrected chi connectivity index (χ4v) is 3.39. The molecule has 4 heteroatoms. The second kappa shape index (κ2) is 9.77. The monoisotopic (exact) mass is 386 g/mol. The summed E-state index contributed by atoms with van der Waals surface area (Å²) in [5, 5.41) is 9.30. The highest BCUT2D eigenvalue weighted by molar-refractivity contribution is 5.70. The first-order valence-corrected chi connectivity index (χ1v) is 9.71. The third-order valence-corrected chi connectivity index (χ3v) is 4.75. The zero-order chi connectivity index (χ0) is 20.6. The molecular formula is C25H26N2O2. The second-order valence-corrected chi connectivity index (χ2v) is 6.94. The molecule has 29 heavy (non-hydrogen) atoms. The van der Waals surface area contributed by atoms with Crippen LogP contribution in [0.25, 0.3) is 11.1 Å². The van der Waals surface area contributed by atoms with E-state index < -0.39 is 0 Å². The number of ether oxygens (including phenoxy) is 2. The van der Waals surface area contributed by atoms with Gasteiger partial charge in [0.25, 0.3) is 0 Å². The van der Waals surface area contributed by atoms with Crippen LogP contribution in [0.2, 0.25) is 0 Å². The predicted molar refractivity (Wildman–Crippen MR) is 116 cm³/mol. The van der Waals surface area contributed by atoms with E-state index in [1.807, 2.05) is 43.3 Å². The average Bonchev–Trinajstić information content (AvgIpc) is 2.75. The van der Waals surface area contributed by atoms with Gasteiger partial charge in [0.2, 0.25) is 0 Å². The minimum absolute atomic E-state index is 0.616. The molecule has 3 rings (SSSR count). The van der Waals surface area contributed by atoms with Crippen LogP contribution in [0.1, 0.15) is 23.6 Å². The van der Waals surface area contributed by atoms with Crippen LogP contribution < -0.4 is 9.47 Å². The van der Waals surface area contributed by atoms with Crippen molar-refractivity contribution in [1.29, 1.82) is 5.26 Å². The Bertz CT molecular complexity index is 990. The number of nitrogens with zero attached hydrogens (tertiary/aromatic N) is 2. The zero-order valence-corrected chi connectivity index (χ0v) is 17.2. The van der Waals surface area contributed by atoms with Gasteiger partial charge in [-0.1, -0.05) is 48.5 Å². The van der Waals surface area contributed by atoms with E-state index in [0.717, 1.165) is 35.7 Å². The van der Waals surface area contributed by atoms with Crippen molar-refractivity contribution in [3.63, 3.8) is 0 Å². The summed E-state index contributed by atoms with van der Waals surface area (Å²) in [4.78, 5) is 2.26. The van der Waals surface area contributed by atoms with Gasteiger partial charge in [0.15, 0.2) is 11.5 Å². The molecule has 0 radical (unpaired) electrons. The zero-order valence-electron chi connectivity index (χ0n) is 17.2. The Hall–Kier alpha value is -3.29. The van der Waals surface area contributed by atoms with Crippen LogP contribution in [0, 0.1) is 11.3 Å². The van der Waals surface area contributed by atoms with Gasteiger partial charge in [0.05, 0.1) is 25.3 Å². The van der Waals surface area contributed by atoms with Gasteiger partial charge >= 0.3 is 0 Å². The summed E-state index contributed by atoms with van der Waals surface area (Å²) in [5.74, 6) is 1.54. The Morgan fingerprint density at radius 3 is 2.28 bits per heavy atom. The Morgan fingerprint density at radius 1 is 0.897 bits per heavy atom. The lowest BCUT2D eigenvalue weighted by Gasteiger charge is -2.18. The van der Waals surface area contributed by atoms with Crippen LogP contribution in [-0.2, 0) is 13.1 Å². The fourth-order valence-electron chi connectivity index (χ4n) is 3.39. The molecule has 0 N–H and O–H groups in total. The first-order chi connectivity index (χ1) is 14.1. The summed E-state index contributed by atoms with van der Waals surface area (Å²) in [5.41, 5.74) is 5.12. The number of rotatable bonds is 8. The van der Waals surface area contributed by atoms with E-state index in [9.17, 15) is 5.26 Å². The maximum atomic E-state index is 9.30. The number of methoxy groups -OCH3 is 1. The summed E-state index contributed by atoms with van der Waals surface area (Å²) in [7, 11) is 3.76. The van der Waals surface area contributed by atoms with Crippen LogP contribution in [0.3, 0.4) is 0 Å². The smallest absolute Gasteiger partial charge is 0.161 e. The number of hydrogen-bond donors (Lipinski definition) is 0. The summed E-state index contributed by atoms with van der Waals surface area (Å²) in [6, 6.07) is 24.4. The van der Waals surface area contributed by atoms with E-state index in [1.165, 1.54) is 11.1 Å². The van der Waals surface area contributed by atoms with E-state index >= 15 is 0 Å². The summed E-state index contributed by atoms with van der Waals surface area (Å²) in [6.07, 6.45) is 0. The van der Waals surface area contributed by atoms with Gasteiger partial charge < -0.3 is 9.47 Å². The van der Waals surface area contributed by atoms with Crippen LogP contribution >= 0.6 is 0 Å².